The van der Waals surface area contributed by atoms with Gasteiger partial charge in [0.15, 0.2) is 5.82 Å². The topological polar surface area (TPSA) is 50.9 Å². The molecule has 2 aromatic carbocycles. The molecule has 0 saturated carbocycles. The van der Waals surface area contributed by atoms with Crippen LogP contribution in [0.1, 0.15) is 29.6 Å². The van der Waals surface area contributed by atoms with Crippen molar-refractivity contribution in [1.82, 2.24) is 19.4 Å². The Morgan fingerprint density at radius 2 is 1.85 bits per heavy atom. The summed E-state index contributed by atoms with van der Waals surface area (Å²) in [7, 11) is 0. The first-order valence-electron chi connectivity index (χ1n) is 9.01. The van der Waals surface area contributed by atoms with Crippen LogP contribution in [0.2, 0.25) is 0 Å². The van der Waals surface area contributed by atoms with Crippen LogP contribution in [0.25, 0.3) is 10.9 Å². The van der Waals surface area contributed by atoms with E-state index in [0.29, 0.717) is 4.77 Å². The summed E-state index contributed by atoms with van der Waals surface area (Å²) in [6.45, 7) is 5.00. The van der Waals surface area contributed by atoms with Crippen LogP contribution in [0.4, 0.5) is 0 Å². The minimum Gasteiger partial charge on any atom is -0.340 e. The van der Waals surface area contributed by atoms with Crippen molar-refractivity contribution >= 4 is 29.3 Å². The van der Waals surface area contributed by atoms with Crippen LogP contribution < -0.4 is 0 Å². The van der Waals surface area contributed by atoms with Crippen LogP contribution >= 0.6 is 12.2 Å². The normalized spacial score (nSPS) is 11.6. The quantitative estimate of drug-likeness (QED) is 0.406. The number of para-hydroxylation sites is 1. The number of rotatable bonds is 5. The summed E-state index contributed by atoms with van der Waals surface area (Å²) >= 11 is 5.30. The first-order chi connectivity index (χ1) is 13.2. The van der Waals surface area contributed by atoms with Crippen LogP contribution in [-0.4, -0.2) is 25.7 Å². The number of benzene rings is 2. The second-order valence-corrected chi connectivity index (χ2v) is 6.83. The van der Waals surface area contributed by atoms with E-state index < -0.39 is 0 Å². The van der Waals surface area contributed by atoms with Gasteiger partial charge in [-0.3, -0.25) is 5.10 Å². The number of aromatic nitrogens is 4. The van der Waals surface area contributed by atoms with Crippen molar-refractivity contribution in [3.63, 3.8) is 0 Å². The Morgan fingerprint density at radius 3 is 2.63 bits per heavy atom. The highest BCUT2D eigenvalue weighted by Gasteiger charge is 2.13. The number of H-pyrrole nitrogens is 1. The van der Waals surface area contributed by atoms with E-state index in [1.54, 1.807) is 4.68 Å². The molecule has 4 aromatic rings. The minimum atomic E-state index is 0.508. The fraction of sp³-hybridized carbons (Fsp3) is 0.190. The van der Waals surface area contributed by atoms with Gasteiger partial charge in [0.2, 0.25) is 4.77 Å². The zero-order chi connectivity index (χ0) is 18.8. The zero-order valence-electron chi connectivity index (χ0n) is 15.4. The molecule has 0 aliphatic heterocycles. The summed E-state index contributed by atoms with van der Waals surface area (Å²) in [5.41, 5.74) is 4.76. The smallest absolute Gasteiger partial charge is 0.216 e. The molecule has 0 radical (unpaired) electrons. The summed E-state index contributed by atoms with van der Waals surface area (Å²) in [6.07, 6.45) is 2.66. The number of hydrogen-bond donors (Lipinski definition) is 1. The standard InChI is InChI=1S/C21H21N5S/c1-3-20-23-24-21(27)26(20)22-13-18-15(2)25(14-16-9-5-4-6-10-16)19-12-8-7-11-17(18)19/h4-13H,3,14H2,1-2H3,(H,24,27)/b22-13-. The van der Waals surface area contributed by atoms with Crippen molar-refractivity contribution in [2.24, 2.45) is 5.10 Å². The number of aryl methyl sites for hydroxylation is 1. The van der Waals surface area contributed by atoms with Gasteiger partial charge < -0.3 is 4.57 Å². The lowest BCUT2D eigenvalue weighted by Gasteiger charge is -2.08. The maximum Gasteiger partial charge on any atom is 0.216 e. The molecular formula is C21H21N5S. The number of hydrogen-bond acceptors (Lipinski definition) is 3. The van der Waals surface area contributed by atoms with Gasteiger partial charge in [0.1, 0.15) is 0 Å². The van der Waals surface area contributed by atoms with Gasteiger partial charge in [-0.25, -0.2) is 0 Å². The average molecular weight is 376 g/mol. The van der Waals surface area contributed by atoms with E-state index >= 15 is 0 Å². The first kappa shape index (κ1) is 17.4. The highest BCUT2D eigenvalue weighted by atomic mass is 32.1. The summed E-state index contributed by atoms with van der Waals surface area (Å²) in [6, 6.07) is 18.9. The van der Waals surface area contributed by atoms with Gasteiger partial charge in [0, 0.05) is 35.1 Å². The van der Waals surface area contributed by atoms with Crippen LogP contribution in [0, 0.1) is 11.7 Å². The van der Waals surface area contributed by atoms with Gasteiger partial charge in [-0.05, 0) is 30.8 Å². The molecule has 0 aliphatic carbocycles. The summed E-state index contributed by atoms with van der Waals surface area (Å²) in [5, 5.41) is 12.8. The van der Waals surface area contributed by atoms with Gasteiger partial charge in [0.25, 0.3) is 0 Å². The Bertz CT molecular complexity index is 1160. The summed E-state index contributed by atoms with van der Waals surface area (Å²) in [4.78, 5) is 0. The molecule has 6 heteroatoms. The summed E-state index contributed by atoms with van der Waals surface area (Å²) < 4.78 is 4.54. The molecule has 0 unspecified atom stereocenters. The lowest BCUT2D eigenvalue weighted by molar-refractivity contribution is 0.779. The third-order valence-electron chi connectivity index (χ3n) is 4.80. The number of nitrogens with zero attached hydrogens (tertiary/aromatic N) is 4. The molecule has 2 aromatic heterocycles. The Hall–Kier alpha value is -2.99. The SMILES string of the molecule is CCc1n[nH]c(=S)n1/N=C\c1c(C)n(Cc2ccccc2)c2ccccc12. The monoisotopic (exact) mass is 375 g/mol. The molecule has 1 N–H and O–H groups in total. The van der Waals surface area contributed by atoms with Crippen molar-refractivity contribution < 1.29 is 0 Å². The number of fused-ring (bicyclic) bond motifs is 1. The van der Waals surface area contributed by atoms with Gasteiger partial charge in [-0.2, -0.15) is 14.9 Å². The van der Waals surface area contributed by atoms with Crippen LogP contribution in [0.3, 0.4) is 0 Å². The van der Waals surface area contributed by atoms with Gasteiger partial charge in [-0.15, -0.1) is 0 Å². The molecular weight excluding hydrogens is 354 g/mol. The van der Waals surface area contributed by atoms with E-state index in [-0.39, 0.29) is 0 Å². The molecule has 27 heavy (non-hydrogen) atoms. The van der Waals surface area contributed by atoms with Crippen molar-refractivity contribution in [2.45, 2.75) is 26.8 Å². The number of aromatic amines is 1. The van der Waals surface area contributed by atoms with E-state index in [1.165, 1.54) is 22.2 Å². The Kier molecular flexibility index (Phi) is 4.73. The predicted molar refractivity (Wildman–Crippen MR) is 112 cm³/mol. The maximum absolute atomic E-state index is 5.30. The van der Waals surface area contributed by atoms with Crippen molar-refractivity contribution in [3.05, 3.63) is 82.0 Å². The molecule has 4 rings (SSSR count). The molecule has 0 saturated heterocycles. The lowest BCUT2D eigenvalue weighted by Crippen LogP contribution is -2.02. The molecule has 0 amide bonds. The molecule has 2 heterocycles. The van der Waals surface area contributed by atoms with Crippen molar-refractivity contribution in [3.8, 4) is 0 Å². The highest BCUT2D eigenvalue weighted by Crippen LogP contribution is 2.25. The van der Waals surface area contributed by atoms with E-state index in [2.05, 4.69) is 75.3 Å². The Morgan fingerprint density at radius 1 is 1.11 bits per heavy atom. The Balaban J connectivity index is 1.82. The van der Waals surface area contributed by atoms with E-state index in [9.17, 15) is 0 Å². The molecule has 136 valence electrons. The Labute approximate surface area is 163 Å². The van der Waals surface area contributed by atoms with E-state index in [0.717, 1.165) is 24.4 Å². The molecule has 0 fully saturated rings. The zero-order valence-corrected chi connectivity index (χ0v) is 16.2. The third kappa shape index (κ3) is 3.24. The van der Waals surface area contributed by atoms with E-state index in [1.807, 2.05) is 19.2 Å². The first-order valence-corrected chi connectivity index (χ1v) is 9.42. The van der Waals surface area contributed by atoms with Crippen molar-refractivity contribution in [2.75, 3.05) is 0 Å². The molecule has 0 bridgehead atoms. The average Bonchev–Trinajstić information content (AvgIpc) is 3.19. The second-order valence-electron chi connectivity index (χ2n) is 6.44. The largest absolute Gasteiger partial charge is 0.340 e. The van der Waals surface area contributed by atoms with Crippen molar-refractivity contribution in [1.29, 1.82) is 0 Å². The predicted octanol–water partition coefficient (Wildman–Crippen LogP) is 4.70. The van der Waals surface area contributed by atoms with Gasteiger partial charge in [-0.1, -0.05) is 55.5 Å². The molecule has 0 aliphatic rings. The molecule has 0 spiro atoms. The van der Waals surface area contributed by atoms with Crippen LogP contribution in [0.15, 0.2) is 59.7 Å². The summed E-state index contributed by atoms with van der Waals surface area (Å²) in [5.74, 6) is 0.821. The third-order valence-corrected chi connectivity index (χ3v) is 5.06. The van der Waals surface area contributed by atoms with Crippen LogP contribution in [-0.2, 0) is 13.0 Å². The molecule has 0 atom stereocenters. The lowest BCUT2D eigenvalue weighted by atomic mass is 10.1. The fourth-order valence-corrected chi connectivity index (χ4v) is 3.58. The maximum atomic E-state index is 5.30. The minimum absolute atomic E-state index is 0.508. The molecule has 5 nitrogen and oxygen atoms in total. The second kappa shape index (κ2) is 7.32. The van der Waals surface area contributed by atoms with E-state index in [4.69, 9.17) is 12.2 Å². The van der Waals surface area contributed by atoms with Gasteiger partial charge >= 0.3 is 0 Å². The fourth-order valence-electron chi connectivity index (χ4n) is 3.38. The van der Waals surface area contributed by atoms with Gasteiger partial charge in [0.05, 0.1) is 6.21 Å². The van der Waals surface area contributed by atoms with Crippen LogP contribution in [0.5, 0.6) is 0 Å². The highest BCUT2D eigenvalue weighted by molar-refractivity contribution is 7.71. The number of nitrogens with one attached hydrogen (secondary N) is 1.